The number of halogens is 1. The second-order valence-corrected chi connectivity index (χ2v) is 7.32. The fraction of sp³-hybridized carbons (Fsp3) is 0.273. The highest BCUT2D eigenvalue weighted by Gasteiger charge is 2.37. The van der Waals surface area contributed by atoms with E-state index >= 15 is 0 Å². The van der Waals surface area contributed by atoms with Crippen LogP contribution in [0.25, 0.3) is 0 Å². The maximum absolute atomic E-state index is 12.3. The molecule has 0 saturated carbocycles. The number of benzene rings is 2. The highest BCUT2D eigenvalue weighted by molar-refractivity contribution is 6.33. The van der Waals surface area contributed by atoms with E-state index in [9.17, 15) is 19.2 Å². The molecule has 0 aliphatic carbocycles. The number of ether oxygens (including phenoxy) is 2. The van der Waals surface area contributed by atoms with Gasteiger partial charge in [-0.05, 0) is 31.2 Å². The van der Waals surface area contributed by atoms with Crippen molar-refractivity contribution in [2.45, 2.75) is 13.3 Å². The van der Waals surface area contributed by atoms with Crippen LogP contribution in [0.15, 0.2) is 48.5 Å². The van der Waals surface area contributed by atoms with E-state index in [-0.39, 0.29) is 23.6 Å². The van der Waals surface area contributed by atoms with Gasteiger partial charge in [0.1, 0.15) is 5.75 Å². The molecule has 168 valence electrons. The molecule has 3 amide bonds. The molecule has 0 bridgehead atoms. The molecule has 2 aromatic rings. The van der Waals surface area contributed by atoms with Crippen LogP contribution in [0.1, 0.15) is 23.7 Å². The lowest BCUT2D eigenvalue weighted by atomic mass is 10.1. The third kappa shape index (κ3) is 5.76. The molecule has 0 unspecified atom stereocenters. The Hall–Kier alpha value is -3.59. The lowest BCUT2D eigenvalue weighted by Gasteiger charge is -2.18. The Morgan fingerprint density at radius 3 is 2.59 bits per heavy atom. The van der Waals surface area contributed by atoms with Gasteiger partial charge in [0.2, 0.25) is 5.91 Å². The Balaban J connectivity index is 1.50. The van der Waals surface area contributed by atoms with Crippen molar-refractivity contribution in [1.29, 1.82) is 0 Å². The summed E-state index contributed by atoms with van der Waals surface area (Å²) < 4.78 is 10.5. The number of carbonyl (C=O) groups is 4. The van der Waals surface area contributed by atoms with Crippen molar-refractivity contribution in [2.75, 3.05) is 25.1 Å². The molecular formula is C22H22ClN3O6. The highest BCUT2D eigenvalue weighted by Crippen LogP contribution is 2.24. The number of anilines is 1. The van der Waals surface area contributed by atoms with Crippen molar-refractivity contribution in [3.63, 3.8) is 0 Å². The van der Waals surface area contributed by atoms with Gasteiger partial charge in [-0.3, -0.25) is 29.6 Å². The minimum absolute atomic E-state index is 0.0668. The number of hydrogen-bond acceptors (Lipinski definition) is 6. The first-order chi connectivity index (χ1) is 15.4. The molecule has 1 atom stereocenters. The van der Waals surface area contributed by atoms with Gasteiger partial charge in [0, 0.05) is 6.42 Å². The molecule has 1 aliphatic heterocycles. The molecule has 2 N–H and O–H groups in total. The Morgan fingerprint density at radius 2 is 1.84 bits per heavy atom. The number of nitrogens with zero attached hydrogens (tertiary/aromatic N) is 1. The van der Waals surface area contributed by atoms with Gasteiger partial charge in [0.15, 0.2) is 6.61 Å². The summed E-state index contributed by atoms with van der Waals surface area (Å²) in [5.74, 6) is -2.56. The lowest BCUT2D eigenvalue weighted by molar-refractivity contribution is -0.151. The van der Waals surface area contributed by atoms with Crippen LogP contribution >= 0.6 is 11.6 Å². The van der Waals surface area contributed by atoms with Crippen molar-refractivity contribution in [2.24, 2.45) is 5.92 Å². The second kappa shape index (κ2) is 10.6. The van der Waals surface area contributed by atoms with Crippen LogP contribution in [0, 0.1) is 5.92 Å². The van der Waals surface area contributed by atoms with Crippen LogP contribution in [0.5, 0.6) is 5.75 Å². The van der Waals surface area contributed by atoms with E-state index in [1.165, 1.54) is 6.07 Å². The van der Waals surface area contributed by atoms with Gasteiger partial charge >= 0.3 is 5.97 Å². The van der Waals surface area contributed by atoms with Crippen molar-refractivity contribution >= 4 is 41.0 Å². The summed E-state index contributed by atoms with van der Waals surface area (Å²) in [6.45, 7) is 1.67. The highest BCUT2D eigenvalue weighted by atomic mass is 35.5. The molecule has 1 saturated heterocycles. The van der Waals surface area contributed by atoms with Crippen LogP contribution in [0.3, 0.4) is 0 Å². The van der Waals surface area contributed by atoms with Gasteiger partial charge in [-0.15, -0.1) is 0 Å². The number of amides is 3. The predicted molar refractivity (Wildman–Crippen MR) is 116 cm³/mol. The maximum atomic E-state index is 12.3. The minimum Gasteiger partial charge on any atom is -0.492 e. The minimum atomic E-state index is -0.808. The molecule has 32 heavy (non-hydrogen) atoms. The van der Waals surface area contributed by atoms with E-state index in [0.717, 1.165) is 5.01 Å². The summed E-state index contributed by atoms with van der Waals surface area (Å²) in [6.07, 6.45) is -0.142. The summed E-state index contributed by atoms with van der Waals surface area (Å²) in [4.78, 5) is 49.0. The zero-order valence-electron chi connectivity index (χ0n) is 17.3. The van der Waals surface area contributed by atoms with Gasteiger partial charge in [-0.1, -0.05) is 35.9 Å². The summed E-state index contributed by atoms with van der Waals surface area (Å²) >= 11 is 5.99. The van der Waals surface area contributed by atoms with E-state index in [1.54, 1.807) is 42.5 Å². The molecule has 2 aromatic carbocycles. The zero-order chi connectivity index (χ0) is 23.1. The molecule has 10 heteroatoms. The van der Waals surface area contributed by atoms with Crippen LogP contribution in [0.4, 0.5) is 5.69 Å². The van der Waals surface area contributed by atoms with Crippen molar-refractivity contribution in [3.05, 3.63) is 59.1 Å². The molecule has 9 nitrogen and oxygen atoms in total. The smallest absolute Gasteiger partial charge is 0.311 e. The average molecular weight is 460 g/mol. The summed E-state index contributed by atoms with van der Waals surface area (Å²) in [5, 5.41) is 3.91. The van der Waals surface area contributed by atoms with Crippen LogP contribution in [-0.2, 0) is 19.1 Å². The van der Waals surface area contributed by atoms with Crippen LogP contribution < -0.4 is 15.5 Å². The normalized spacial score (nSPS) is 15.2. The van der Waals surface area contributed by atoms with E-state index in [2.05, 4.69) is 10.7 Å². The molecule has 1 heterocycles. The Labute approximate surface area is 189 Å². The molecule has 1 aliphatic rings. The van der Waals surface area contributed by atoms with E-state index in [4.69, 9.17) is 21.1 Å². The first kappa shape index (κ1) is 23.1. The molecule has 3 rings (SSSR count). The van der Waals surface area contributed by atoms with Gasteiger partial charge < -0.3 is 14.8 Å². The number of rotatable bonds is 8. The number of carbonyl (C=O) groups excluding carboxylic acids is 4. The first-order valence-electron chi connectivity index (χ1n) is 9.93. The molecule has 1 fully saturated rings. The number of hydrazine groups is 1. The van der Waals surface area contributed by atoms with Crippen LogP contribution in [-0.4, -0.2) is 48.5 Å². The molecular weight excluding hydrogens is 438 g/mol. The van der Waals surface area contributed by atoms with Crippen molar-refractivity contribution < 1.29 is 28.7 Å². The maximum Gasteiger partial charge on any atom is 0.311 e. The first-order valence-corrected chi connectivity index (χ1v) is 10.3. The van der Waals surface area contributed by atoms with Gasteiger partial charge in [-0.2, -0.15) is 0 Å². The third-order valence-electron chi connectivity index (χ3n) is 4.62. The fourth-order valence-corrected chi connectivity index (χ4v) is 3.32. The van der Waals surface area contributed by atoms with Gasteiger partial charge in [0.25, 0.3) is 11.8 Å². The number of nitrogens with one attached hydrogen (secondary N) is 2. The number of esters is 1. The number of para-hydroxylation sites is 2. The quantitative estimate of drug-likeness (QED) is 0.586. The van der Waals surface area contributed by atoms with E-state index in [0.29, 0.717) is 18.0 Å². The average Bonchev–Trinajstić information content (AvgIpc) is 3.14. The topological polar surface area (TPSA) is 114 Å². The van der Waals surface area contributed by atoms with E-state index < -0.39 is 36.2 Å². The molecule has 0 radical (unpaired) electrons. The standard InChI is InChI=1S/C22H22ClN3O6/c1-2-31-18-10-6-5-9-17(18)24-19(27)13-32-22(30)14-11-20(28)26(12-14)25-21(29)15-7-3-4-8-16(15)23/h3-10,14H,2,11-13H2,1H3,(H,24,27)(H,25,29)/t14-/m1/s1. The Kier molecular flexibility index (Phi) is 7.67. The Morgan fingerprint density at radius 1 is 1.12 bits per heavy atom. The predicted octanol–water partition coefficient (Wildman–Crippen LogP) is 2.41. The van der Waals surface area contributed by atoms with Crippen molar-refractivity contribution in [3.8, 4) is 5.75 Å². The second-order valence-electron chi connectivity index (χ2n) is 6.91. The third-order valence-corrected chi connectivity index (χ3v) is 4.95. The Bertz CT molecular complexity index is 1030. The monoisotopic (exact) mass is 459 g/mol. The number of hydrogen-bond donors (Lipinski definition) is 2. The summed E-state index contributed by atoms with van der Waals surface area (Å²) in [5.41, 5.74) is 3.11. The molecule has 0 spiro atoms. The van der Waals surface area contributed by atoms with E-state index in [1.807, 2.05) is 6.92 Å². The van der Waals surface area contributed by atoms with Crippen molar-refractivity contribution in [1.82, 2.24) is 10.4 Å². The lowest BCUT2D eigenvalue weighted by Crippen LogP contribution is -2.43. The molecule has 0 aromatic heterocycles. The largest absolute Gasteiger partial charge is 0.492 e. The van der Waals surface area contributed by atoms with Gasteiger partial charge in [0.05, 0.1) is 35.3 Å². The summed E-state index contributed by atoms with van der Waals surface area (Å²) in [6, 6.07) is 13.3. The zero-order valence-corrected chi connectivity index (χ0v) is 18.1. The fourth-order valence-electron chi connectivity index (χ4n) is 3.09. The summed E-state index contributed by atoms with van der Waals surface area (Å²) in [7, 11) is 0. The van der Waals surface area contributed by atoms with Gasteiger partial charge in [-0.25, -0.2) is 0 Å². The van der Waals surface area contributed by atoms with Crippen LogP contribution in [0.2, 0.25) is 5.02 Å². The SMILES string of the molecule is CCOc1ccccc1NC(=O)COC(=O)[C@@H]1CC(=O)N(NC(=O)c2ccccc2Cl)C1.